The first kappa shape index (κ1) is 16.9. The number of hydrogen-bond acceptors (Lipinski definition) is 5. The van der Waals surface area contributed by atoms with E-state index in [1.54, 1.807) is 0 Å². The number of benzene rings is 2. The van der Waals surface area contributed by atoms with E-state index in [1.807, 2.05) is 0 Å². The minimum atomic E-state index is -4.05. The number of sulfonamides is 1. The third-order valence-corrected chi connectivity index (χ3v) is 3.92. The first-order chi connectivity index (χ1) is 10.8. The summed E-state index contributed by atoms with van der Waals surface area (Å²) in [5, 5.41) is 5.09. The van der Waals surface area contributed by atoms with Crippen molar-refractivity contribution < 1.29 is 27.1 Å². The van der Waals surface area contributed by atoms with E-state index in [9.17, 15) is 17.6 Å². The molecule has 2 rings (SSSR count). The monoisotopic (exact) mass is 339 g/mol. The van der Waals surface area contributed by atoms with Gasteiger partial charge in [-0.1, -0.05) is 12.1 Å². The number of rotatable bonds is 5. The molecule has 6 nitrogen and oxygen atoms in total. The van der Waals surface area contributed by atoms with Crippen molar-refractivity contribution >= 4 is 16.0 Å². The zero-order valence-electron chi connectivity index (χ0n) is 12.2. The van der Waals surface area contributed by atoms with Crippen molar-refractivity contribution in [3.8, 4) is 5.75 Å². The Hall–Kier alpha value is -2.45. The van der Waals surface area contributed by atoms with E-state index in [0.717, 1.165) is 6.07 Å². The molecule has 0 spiro atoms. The van der Waals surface area contributed by atoms with Gasteiger partial charge in [0.05, 0.1) is 12.7 Å². The lowest BCUT2D eigenvalue weighted by Gasteiger charge is -2.09. The van der Waals surface area contributed by atoms with Gasteiger partial charge in [-0.25, -0.2) is 22.7 Å². The van der Waals surface area contributed by atoms with Gasteiger partial charge in [-0.05, 0) is 35.9 Å². The van der Waals surface area contributed by atoms with Gasteiger partial charge in [0.1, 0.15) is 23.1 Å². The summed E-state index contributed by atoms with van der Waals surface area (Å²) in [6.07, 6.45) is 0. The normalized spacial score (nSPS) is 11.1. The first-order valence-electron chi connectivity index (χ1n) is 6.43. The summed E-state index contributed by atoms with van der Waals surface area (Å²) in [6, 6.07) is 9.21. The SMILES string of the molecule is COc1ccc(C(=O)OCc2ccc(F)cc2)cc1S(N)(=O)=O. The van der Waals surface area contributed by atoms with Crippen molar-refractivity contribution in [3.05, 3.63) is 59.4 Å². The molecule has 0 aliphatic carbocycles. The van der Waals surface area contributed by atoms with Crippen LogP contribution in [-0.4, -0.2) is 21.5 Å². The summed E-state index contributed by atoms with van der Waals surface area (Å²) in [6.45, 7) is -0.0736. The van der Waals surface area contributed by atoms with Crippen LogP contribution in [0.1, 0.15) is 15.9 Å². The van der Waals surface area contributed by atoms with E-state index in [-0.39, 0.29) is 22.8 Å². The molecule has 0 saturated heterocycles. The molecule has 122 valence electrons. The molecule has 0 unspecified atom stereocenters. The number of esters is 1. The molecule has 2 aromatic carbocycles. The van der Waals surface area contributed by atoms with E-state index in [2.05, 4.69) is 0 Å². The van der Waals surface area contributed by atoms with E-state index in [0.29, 0.717) is 5.56 Å². The topological polar surface area (TPSA) is 95.7 Å². The van der Waals surface area contributed by atoms with Crippen LogP contribution in [0.15, 0.2) is 47.4 Å². The lowest BCUT2D eigenvalue weighted by atomic mass is 10.2. The highest BCUT2D eigenvalue weighted by molar-refractivity contribution is 7.89. The van der Waals surface area contributed by atoms with Crippen LogP contribution in [-0.2, 0) is 21.4 Å². The lowest BCUT2D eigenvalue weighted by molar-refractivity contribution is 0.0472. The van der Waals surface area contributed by atoms with Gasteiger partial charge >= 0.3 is 5.97 Å². The Kier molecular flexibility index (Phi) is 4.97. The predicted octanol–water partition coefficient (Wildman–Crippen LogP) is 1.84. The fourth-order valence-corrected chi connectivity index (χ4v) is 2.56. The molecule has 8 heteroatoms. The maximum absolute atomic E-state index is 12.8. The second-order valence-electron chi connectivity index (χ2n) is 4.61. The minimum absolute atomic E-state index is 0.0111. The van der Waals surface area contributed by atoms with Gasteiger partial charge in [0.15, 0.2) is 0 Å². The highest BCUT2D eigenvalue weighted by Crippen LogP contribution is 2.24. The van der Waals surface area contributed by atoms with E-state index >= 15 is 0 Å². The summed E-state index contributed by atoms with van der Waals surface area (Å²) >= 11 is 0. The van der Waals surface area contributed by atoms with Gasteiger partial charge in [0.25, 0.3) is 0 Å². The lowest BCUT2D eigenvalue weighted by Crippen LogP contribution is -2.15. The van der Waals surface area contributed by atoms with Crippen molar-refractivity contribution in [2.24, 2.45) is 5.14 Å². The Morgan fingerprint density at radius 2 is 1.83 bits per heavy atom. The summed E-state index contributed by atoms with van der Waals surface area (Å²) in [4.78, 5) is 11.7. The van der Waals surface area contributed by atoms with Crippen LogP contribution in [0.2, 0.25) is 0 Å². The van der Waals surface area contributed by atoms with Crippen molar-refractivity contribution in [2.45, 2.75) is 11.5 Å². The van der Waals surface area contributed by atoms with Gasteiger partial charge in [0, 0.05) is 0 Å². The van der Waals surface area contributed by atoms with Crippen molar-refractivity contribution in [1.29, 1.82) is 0 Å². The van der Waals surface area contributed by atoms with Crippen LogP contribution in [0.5, 0.6) is 5.75 Å². The van der Waals surface area contributed by atoms with Gasteiger partial charge in [-0.15, -0.1) is 0 Å². The summed E-state index contributed by atoms with van der Waals surface area (Å²) in [5.74, 6) is -1.10. The van der Waals surface area contributed by atoms with E-state index in [1.165, 1.54) is 43.5 Å². The molecular formula is C15H14FNO5S. The fraction of sp³-hybridized carbons (Fsp3) is 0.133. The first-order valence-corrected chi connectivity index (χ1v) is 7.98. The van der Waals surface area contributed by atoms with Crippen molar-refractivity contribution in [3.63, 3.8) is 0 Å². The molecule has 0 bridgehead atoms. The zero-order valence-corrected chi connectivity index (χ0v) is 13.0. The molecule has 2 aromatic rings. The molecule has 0 atom stereocenters. The standard InChI is InChI=1S/C15H14FNO5S/c1-21-13-7-4-11(8-14(13)23(17,19)20)15(18)22-9-10-2-5-12(16)6-3-10/h2-8H,9H2,1H3,(H2,17,19,20). The molecule has 2 N–H and O–H groups in total. The molecule has 23 heavy (non-hydrogen) atoms. The molecule has 0 saturated carbocycles. The predicted molar refractivity (Wildman–Crippen MR) is 79.9 cm³/mol. The molecule has 0 amide bonds. The van der Waals surface area contributed by atoms with Crippen LogP contribution >= 0.6 is 0 Å². The van der Waals surface area contributed by atoms with Crippen molar-refractivity contribution in [1.82, 2.24) is 0 Å². The highest BCUT2D eigenvalue weighted by Gasteiger charge is 2.18. The Labute approximate surface area is 132 Å². The molecule has 0 aliphatic heterocycles. The van der Waals surface area contributed by atoms with Crippen LogP contribution in [0.25, 0.3) is 0 Å². The quantitative estimate of drug-likeness (QED) is 0.839. The average Bonchev–Trinajstić information content (AvgIpc) is 2.52. The van der Waals surface area contributed by atoms with Crippen LogP contribution in [0.3, 0.4) is 0 Å². The van der Waals surface area contributed by atoms with E-state index in [4.69, 9.17) is 14.6 Å². The molecular weight excluding hydrogens is 325 g/mol. The number of halogens is 1. The maximum atomic E-state index is 12.8. The van der Waals surface area contributed by atoms with Crippen LogP contribution < -0.4 is 9.88 Å². The Bertz CT molecular complexity index is 818. The molecule has 0 aromatic heterocycles. The highest BCUT2D eigenvalue weighted by atomic mass is 32.2. The molecule has 0 aliphatic rings. The van der Waals surface area contributed by atoms with Gasteiger partial charge in [-0.2, -0.15) is 0 Å². The Morgan fingerprint density at radius 1 is 1.17 bits per heavy atom. The Balaban J connectivity index is 2.18. The summed E-state index contributed by atoms with van der Waals surface area (Å²) in [5.41, 5.74) is 0.608. The zero-order chi connectivity index (χ0) is 17.0. The maximum Gasteiger partial charge on any atom is 0.338 e. The van der Waals surface area contributed by atoms with Crippen LogP contribution in [0.4, 0.5) is 4.39 Å². The molecule has 0 heterocycles. The number of primary sulfonamides is 1. The fourth-order valence-electron chi connectivity index (χ4n) is 1.84. The summed E-state index contributed by atoms with van der Waals surface area (Å²) in [7, 11) is -2.76. The molecule has 0 radical (unpaired) electrons. The Morgan fingerprint density at radius 3 is 2.39 bits per heavy atom. The summed E-state index contributed by atoms with van der Waals surface area (Å²) < 4.78 is 45.8. The van der Waals surface area contributed by atoms with Gasteiger partial charge in [0.2, 0.25) is 10.0 Å². The number of carbonyl (C=O) groups excluding carboxylic acids is 1. The second-order valence-corrected chi connectivity index (χ2v) is 6.14. The number of hydrogen-bond donors (Lipinski definition) is 1. The number of carbonyl (C=O) groups is 1. The number of methoxy groups -OCH3 is 1. The van der Waals surface area contributed by atoms with Crippen LogP contribution in [0, 0.1) is 5.82 Å². The molecule has 0 fully saturated rings. The van der Waals surface area contributed by atoms with Gasteiger partial charge in [-0.3, -0.25) is 0 Å². The second kappa shape index (κ2) is 6.76. The van der Waals surface area contributed by atoms with Gasteiger partial charge < -0.3 is 9.47 Å². The van der Waals surface area contributed by atoms with Crippen molar-refractivity contribution in [2.75, 3.05) is 7.11 Å². The minimum Gasteiger partial charge on any atom is -0.495 e. The third-order valence-electron chi connectivity index (χ3n) is 2.99. The largest absolute Gasteiger partial charge is 0.495 e. The van der Waals surface area contributed by atoms with E-state index < -0.39 is 21.8 Å². The third kappa shape index (κ3) is 4.27. The average molecular weight is 339 g/mol. The smallest absolute Gasteiger partial charge is 0.338 e. The number of nitrogens with two attached hydrogens (primary N) is 1. The number of ether oxygens (including phenoxy) is 2.